The minimum atomic E-state index is 0.582. The topological polar surface area (TPSA) is 145 Å². The van der Waals surface area contributed by atoms with E-state index in [0.717, 1.165) is 227 Å². The van der Waals surface area contributed by atoms with Crippen LogP contribution in [0.1, 0.15) is 0 Å². The van der Waals surface area contributed by atoms with Gasteiger partial charge in [-0.2, -0.15) is 0 Å². The van der Waals surface area contributed by atoms with Gasteiger partial charge in [0.15, 0.2) is 5.82 Å². The first-order valence-corrected chi connectivity index (χ1v) is 47.7. The zero-order valence-electron chi connectivity index (χ0n) is 74.9. The molecule has 0 N–H and O–H groups in total. The van der Waals surface area contributed by atoms with Gasteiger partial charge < -0.3 is 22.2 Å². The third-order valence-electron chi connectivity index (χ3n) is 27.3. The lowest BCUT2D eigenvalue weighted by molar-refractivity contribution is 0.668. The van der Waals surface area contributed by atoms with Crippen molar-refractivity contribution < 1.29 is 17.7 Å². The second-order valence-electron chi connectivity index (χ2n) is 35.4. The molecule has 0 spiro atoms. The summed E-state index contributed by atoms with van der Waals surface area (Å²) in [5.41, 5.74) is 29.0. The predicted molar refractivity (Wildman–Crippen MR) is 575 cm³/mol. The molecule has 0 bridgehead atoms. The fourth-order valence-corrected chi connectivity index (χ4v) is 22.2. The van der Waals surface area contributed by atoms with Gasteiger partial charge in [-0.3, -0.25) is 9.13 Å². The summed E-state index contributed by atoms with van der Waals surface area (Å²) in [7, 11) is 0. The summed E-state index contributed by atoms with van der Waals surface area (Å²) in [4.78, 5) is 31.7. The molecule has 0 aliphatic heterocycles. The Labute approximate surface area is 802 Å². The Hall–Kier alpha value is -18.8. The van der Waals surface area contributed by atoms with E-state index in [-0.39, 0.29) is 0 Å². The second-order valence-corrected chi connectivity index (χ2v) is 36.4. The first-order chi connectivity index (χ1) is 69.4. The molecule has 30 aromatic rings. The van der Waals surface area contributed by atoms with E-state index in [2.05, 4.69) is 372 Å². The highest BCUT2D eigenvalue weighted by Crippen LogP contribution is 2.48. The van der Waals surface area contributed by atoms with Crippen LogP contribution in [0.25, 0.3) is 281 Å². The molecule has 0 saturated carbocycles. The van der Waals surface area contributed by atoms with E-state index < -0.39 is 0 Å². The molecule has 0 atom stereocenters. The number of benzene rings is 19. The van der Waals surface area contributed by atoms with Gasteiger partial charge in [-0.25, -0.2) is 29.9 Å². The van der Waals surface area contributed by atoms with Crippen molar-refractivity contribution in [2.24, 2.45) is 0 Å². The summed E-state index contributed by atoms with van der Waals surface area (Å²) in [6, 6.07) is 158. The molecule has 13 nitrogen and oxygen atoms in total. The number of thiophene rings is 1. The van der Waals surface area contributed by atoms with Crippen LogP contribution in [0.2, 0.25) is 0 Å². The Balaban J connectivity index is 0.000000103. The van der Waals surface area contributed by atoms with Crippen LogP contribution < -0.4 is 0 Å². The molecule has 19 aromatic carbocycles. The van der Waals surface area contributed by atoms with Crippen molar-refractivity contribution >= 4 is 185 Å². The standard InChI is InChI=1S/C46H27N3O2.C40H23N3OS.C40H25N3O/c1-2-12-28(13-3-1)29-14-10-15-30(26-29)36-27-37(33-19-11-23-42-43(33)35-18-6-9-22-41(35)50-42)48-46(47-36)49-38-20-7-4-17-34(38)44-39(49)25-24-32-31-16-5-8-21-40(31)51-45(32)44;1-2-10-24(11-3-1)31-23-32(25-18-21-36-30(22-25)26-12-5-8-16-35(26)44-36)42-40(41-31)43-33-15-7-4-14-29(33)38-34(43)20-19-28-27-13-6-9-17-37(27)45-39(28)38;1-3-12-26(13-4-1)33-25-34(27-22-23-38-32(24-27)29-16-8-10-21-37(29)44-38)42-40(41-33)31-18-11-20-36-39(31)30-17-7-9-19-35(30)43(36)28-14-5-2-6-15-28/h1-27H;1-23H;1-25H. The maximum absolute atomic E-state index is 6.58. The second kappa shape index (κ2) is 32.5. The maximum atomic E-state index is 6.58. The van der Waals surface area contributed by atoms with Crippen molar-refractivity contribution in [1.82, 2.24) is 43.6 Å². The average molecular weight is 1810 g/mol. The van der Waals surface area contributed by atoms with Gasteiger partial charge >= 0.3 is 0 Å². The molecule has 0 unspecified atom stereocenters. The Bertz CT molecular complexity index is 10300. The molecular formula is C126H75N9O4S. The minimum Gasteiger partial charge on any atom is -0.456 e. The summed E-state index contributed by atoms with van der Waals surface area (Å²) >= 11 is 1.85. The molecule has 140 heavy (non-hydrogen) atoms. The van der Waals surface area contributed by atoms with Gasteiger partial charge in [0, 0.05) is 135 Å². The van der Waals surface area contributed by atoms with Gasteiger partial charge in [0.25, 0.3) is 0 Å². The van der Waals surface area contributed by atoms with Crippen LogP contribution in [0.5, 0.6) is 0 Å². The highest BCUT2D eigenvalue weighted by atomic mass is 32.1. The van der Waals surface area contributed by atoms with Gasteiger partial charge in [0.2, 0.25) is 11.9 Å². The van der Waals surface area contributed by atoms with Crippen LogP contribution in [0, 0.1) is 0 Å². The molecule has 14 heteroatoms. The zero-order chi connectivity index (χ0) is 92.0. The van der Waals surface area contributed by atoms with E-state index in [1.165, 1.54) is 36.3 Å². The number of nitrogens with zero attached hydrogens (tertiary/aromatic N) is 9. The van der Waals surface area contributed by atoms with Gasteiger partial charge in [-0.05, 0) is 163 Å². The number of hydrogen-bond acceptors (Lipinski definition) is 11. The lowest BCUT2D eigenvalue weighted by Gasteiger charge is -2.13. The van der Waals surface area contributed by atoms with E-state index in [4.69, 9.17) is 47.6 Å². The van der Waals surface area contributed by atoms with Crippen LogP contribution >= 0.6 is 11.3 Å². The quantitative estimate of drug-likeness (QED) is 0.123. The summed E-state index contributed by atoms with van der Waals surface area (Å²) in [5.74, 6) is 1.93. The first-order valence-electron chi connectivity index (χ1n) is 46.8. The van der Waals surface area contributed by atoms with Crippen molar-refractivity contribution in [3.63, 3.8) is 0 Å². The first kappa shape index (κ1) is 79.8. The monoisotopic (exact) mass is 1810 g/mol. The molecule has 11 aromatic heterocycles. The van der Waals surface area contributed by atoms with Crippen LogP contribution in [-0.2, 0) is 0 Å². The van der Waals surface area contributed by atoms with Crippen LogP contribution in [-0.4, -0.2) is 43.6 Å². The zero-order valence-corrected chi connectivity index (χ0v) is 75.7. The molecule has 0 amide bonds. The third kappa shape index (κ3) is 13.2. The normalized spacial score (nSPS) is 11.9. The van der Waals surface area contributed by atoms with E-state index in [0.29, 0.717) is 17.7 Å². The Morgan fingerprint density at radius 1 is 0.186 bits per heavy atom. The van der Waals surface area contributed by atoms with Gasteiger partial charge in [0.1, 0.15) is 44.7 Å². The highest BCUT2D eigenvalue weighted by molar-refractivity contribution is 7.26. The van der Waals surface area contributed by atoms with E-state index in [1.807, 2.05) is 108 Å². The summed E-state index contributed by atoms with van der Waals surface area (Å²) in [5, 5.41) is 18.1. The van der Waals surface area contributed by atoms with E-state index in [1.54, 1.807) is 0 Å². The fraction of sp³-hybridized carbons (Fsp3) is 0. The Kier molecular flexibility index (Phi) is 18.5. The van der Waals surface area contributed by atoms with Gasteiger partial charge in [0.05, 0.1) is 72.6 Å². The molecule has 0 radical (unpaired) electrons. The summed E-state index contributed by atoms with van der Waals surface area (Å²) in [6.07, 6.45) is 0. The summed E-state index contributed by atoms with van der Waals surface area (Å²) < 4.78 is 34.5. The predicted octanol–water partition coefficient (Wildman–Crippen LogP) is 34.0. The number of para-hydroxylation sites is 8. The molecule has 0 fully saturated rings. The smallest absolute Gasteiger partial charge is 0.235 e. The number of hydrogen-bond donors (Lipinski definition) is 0. The Morgan fingerprint density at radius 3 is 1.18 bits per heavy atom. The van der Waals surface area contributed by atoms with E-state index >= 15 is 0 Å². The van der Waals surface area contributed by atoms with Crippen molar-refractivity contribution in [3.05, 3.63) is 455 Å². The van der Waals surface area contributed by atoms with Crippen molar-refractivity contribution in [3.8, 4) is 108 Å². The van der Waals surface area contributed by atoms with E-state index in [9.17, 15) is 0 Å². The molecule has 0 aliphatic rings. The average Bonchev–Trinajstić information content (AvgIpc) is 1.55. The SMILES string of the molecule is c1ccc(-c2cc(-c3ccc4oc5ccccc5c4c3)nc(-c3cccc4c3c3ccccc3n4-c3ccccc3)n2)cc1.c1ccc(-c2cc(-c3ccc4oc5ccccc5c4c3)nc(-n3c4ccccc4c4c5sc6ccccc6c5ccc43)n2)cc1.c1ccc(-c2cccc(-c3cc(-c4cccc5oc6ccccc6c45)nc(-n4c5ccccc5c5c6oc7ccccc7c6ccc54)n3)c2)cc1. The molecule has 0 saturated heterocycles. The number of rotatable bonds is 11. The van der Waals surface area contributed by atoms with Gasteiger partial charge in [-0.1, -0.05) is 303 Å². The maximum Gasteiger partial charge on any atom is 0.235 e. The summed E-state index contributed by atoms with van der Waals surface area (Å²) in [6.45, 7) is 0. The third-order valence-corrected chi connectivity index (χ3v) is 28.5. The minimum absolute atomic E-state index is 0.582. The molecular weight excluding hydrogens is 1740 g/mol. The lowest BCUT2D eigenvalue weighted by atomic mass is 9.99. The Morgan fingerprint density at radius 2 is 0.564 bits per heavy atom. The number of fused-ring (bicyclic) bond motifs is 26. The molecule has 654 valence electrons. The molecule has 11 heterocycles. The van der Waals surface area contributed by atoms with Crippen molar-refractivity contribution in [2.45, 2.75) is 0 Å². The number of aromatic nitrogens is 9. The van der Waals surface area contributed by atoms with Crippen molar-refractivity contribution in [2.75, 3.05) is 0 Å². The molecule has 0 aliphatic carbocycles. The van der Waals surface area contributed by atoms with Crippen LogP contribution in [0.15, 0.2) is 473 Å². The van der Waals surface area contributed by atoms with Crippen molar-refractivity contribution in [1.29, 1.82) is 0 Å². The van der Waals surface area contributed by atoms with Gasteiger partial charge in [-0.15, -0.1) is 11.3 Å². The lowest BCUT2D eigenvalue weighted by Crippen LogP contribution is -2.04. The number of furan rings is 4. The fourth-order valence-electron chi connectivity index (χ4n) is 20.9. The van der Waals surface area contributed by atoms with Crippen LogP contribution in [0.4, 0.5) is 0 Å². The van der Waals surface area contributed by atoms with Crippen LogP contribution in [0.3, 0.4) is 0 Å². The largest absolute Gasteiger partial charge is 0.456 e. The molecule has 30 rings (SSSR count). The highest BCUT2D eigenvalue weighted by Gasteiger charge is 2.27.